The van der Waals surface area contributed by atoms with Crippen LogP contribution in [0, 0.1) is 0 Å². The summed E-state index contributed by atoms with van der Waals surface area (Å²) in [5.41, 5.74) is 5.06. The molecule has 0 bridgehead atoms. The average Bonchev–Trinajstić information content (AvgIpc) is 2.91. The van der Waals surface area contributed by atoms with E-state index in [2.05, 4.69) is 13.2 Å². The molecule has 2 N–H and O–H groups in total. The number of carbonyl (C=O) groups is 1. The van der Waals surface area contributed by atoms with Crippen LogP contribution in [0.2, 0.25) is 0 Å². The molecule has 0 saturated carbocycles. The van der Waals surface area contributed by atoms with Gasteiger partial charge in [-0.05, 0) is 30.5 Å². The summed E-state index contributed by atoms with van der Waals surface area (Å²) in [4.78, 5) is 12.5. The van der Waals surface area contributed by atoms with E-state index in [0.717, 1.165) is 34.0 Å². The van der Waals surface area contributed by atoms with Crippen LogP contribution < -0.4 is 0 Å². The van der Waals surface area contributed by atoms with Crippen molar-refractivity contribution in [2.45, 2.75) is 25.0 Å². The lowest BCUT2D eigenvalue weighted by Gasteiger charge is -2.18. The average molecular weight is 405 g/mol. The summed E-state index contributed by atoms with van der Waals surface area (Å²) >= 11 is 1.14. The lowest BCUT2D eigenvalue weighted by Crippen LogP contribution is -2.17. The van der Waals surface area contributed by atoms with Gasteiger partial charge in [0.15, 0.2) is 0 Å². The summed E-state index contributed by atoms with van der Waals surface area (Å²) in [5.74, 6) is 0.168. The third kappa shape index (κ3) is 4.38. The summed E-state index contributed by atoms with van der Waals surface area (Å²) in [6.07, 6.45) is 3.97. The van der Waals surface area contributed by atoms with Gasteiger partial charge in [-0.1, -0.05) is 91.2 Å². The zero-order valence-corrected chi connectivity index (χ0v) is 17.4. The molecule has 3 nitrogen and oxygen atoms in total. The highest BCUT2D eigenvalue weighted by molar-refractivity contribution is 8.16. The summed E-state index contributed by atoms with van der Waals surface area (Å²) < 4.78 is -0.747. The number of rotatable bonds is 6. The zero-order chi connectivity index (χ0) is 21.2. The van der Waals surface area contributed by atoms with Gasteiger partial charge in [-0.3, -0.25) is 4.79 Å². The van der Waals surface area contributed by atoms with Crippen molar-refractivity contribution in [1.29, 1.82) is 0 Å². The largest absolute Gasteiger partial charge is 0.510 e. The molecule has 1 aliphatic rings. The molecule has 1 unspecified atom stereocenters. The van der Waals surface area contributed by atoms with E-state index in [-0.39, 0.29) is 16.6 Å². The molecule has 0 amide bonds. The fourth-order valence-corrected chi connectivity index (χ4v) is 4.46. The molecule has 3 rings (SSSR count). The van der Waals surface area contributed by atoms with Crippen LogP contribution >= 0.6 is 11.8 Å². The van der Waals surface area contributed by atoms with E-state index >= 15 is 0 Å². The van der Waals surface area contributed by atoms with E-state index in [1.54, 1.807) is 6.08 Å². The van der Waals surface area contributed by atoms with Gasteiger partial charge < -0.3 is 10.2 Å². The van der Waals surface area contributed by atoms with Crippen LogP contribution in [0.4, 0.5) is 0 Å². The van der Waals surface area contributed by atoms with Crippen molar-refractivity contribution in [3.8, 4) is 11.1 Å². The van der Waals surface area contributed by atoms with Crippen LogP contribution in [-0.2, 0) is 11.2 Å². The number of thioether (sulfide) groups is 1. The molecule has 0 radical (unpaired) electrons. The van der Waals surface area contributed by atoms with E-state index in [1.807, 2.05) is 68.5 Å². The molecule has 148 valence electrons. The van der Waals surface area contributed by atoms with Crippen LogP contribution in [0.1, 0.15) is 25.0 Å². The van der Waals surface area contributed by atoms with E-state index in [1.165, 1.54) is 0 Å². The predicted molar refractivity (Wildman–Crippen MR) is 122 cm³/mol. The molecule has 0 spiro atoms. The first-order valence-electron chi connectivity index (χ1n) is 9.29. The van der Waals surface area contributed by atoms with Gasteiger partial charge in [0, 0.05) is 17.6 Å². The molecule has 2 aromatic rings. The number of hydrogen-bond acceptors (Lipinski definition) is 4. The van der Waals surface area contributed by atoms with E-state index in [0.29, 0.717) is 17.6 Å². The van der Waals surface area contributed by atoms with Gasteiger partial charge in [-0.15, -0.1) is 0 Å². The Bertz CT molecular complexity index is 1030. The number of carbonyl (C=O) groups excluding carboxylic acids is 1. The molecule has 2 aromatic carbocycles. The minimum atomic E-state index is -0.747. The standard InChI is InChI=1S/C25H24O3S/c1-5-16(2)15-25(4)23(27)22(24(28)29-25)14-18-6-8-20(9-7-18)21-12-10-19(11-13-21)17(3)26/h5-13,15,26-27H,1,3,14H2,2,4H3/b16-15+. The second-order valence-electron chi connectivity index (χ2n) is 7.31. The Balaban J connectivity index is 1.82. The molecule has 1 aliphatic heterocycles. The van der Waals surface area contributed by atoms with Crippen molar-refractivity contribution >= 4 is 22.6 Å². The molecular formula is C25H24O3S. The minimum absolute atomic E-state index is 0.0456. The maximum atomic E-state index is 12.5. The lowest BCUT2D eigenvalue weighted by molar-refractivity contribution is -0.107. The number of allylic oxidation sites excluding steroid dienone is 2. The van der Waals surface area contributed by atoms with Crippen LogP contribution in [-0.4, -0.2) is 20.1 Å². The number of aliphatic hydroxyl groups excluding tert-OH is 2. The van der Waals surface area contributed by atoms with Crippen molar-refractivity contribution < 1.29 is 15.0 Å². The molecule has 0 aromatic heterocycles. The van der Waals surface area contributed by atoms with Crippen LogP contribution in [0.25, 0.3) is 16.9 Å². The number of hydrogen-bond donors (Lipinski definition) is 2. The molecule has 0 saturated heterocycles. The molecule has 0 aliphatic carbocycles. The molecule has 4 heteroatoms. The first-order valence-corrected chi connectivity index (χ1v) is 10.1. The van der Waals surface area contributed by atoms with Crippen LogP contribution in [0.15, 0.2) is 90.7 Å². The highest BCUT2D eigenvalue weighted by atomic mass is 32.2. The van der Waals surface area contributed by atoms with Crippen molar-refractivity contribution in [2.75, 3.05) is 0 Å². The first kappa shape index (κ1) is 20.7. The maximum Gasteiger partial charge on any atom is 0.220 e. The van der Waals surface area contributed by atoms with Gasteiger partial charge in [-0.25, -0.2) is 0 Å². The molecule has 1 heterocycles. The van der Waals surface area contributed by atoms with Gasteiger partial charge in [0.25, 0.3) is 0 Å². The predicted octanol–water partition coefficient (Wildman–Crippen LogP) is 6.40. The molecule has 1 atom stereocenters. The second kappa shape index (κ2) is 8.18. The topological polar surface area (TPSA) is 57.5 Å². The van der Waals surface area contributed by atoms with Crippen LogP contribution in [0.3, 0.4) is 0 Å². The maximum absolute atomic E-state index is 12.5. The Morgan fingerprint density at radius 2 is 1.66 bits per heavy atom. The second-order valence-corrected chi connectivity index (χ2v) is 8.74. The van der Waals surface area contributed by atoms with Crippen molar-refractivity contribution in [1.82, 2.24) is 0 Å². The van der Waals surface area contributed by atoms with Gasteiger partial charge in [-0.2, -0.15) is 0 Å². The van der Waals surface area contributed by atoms with Gasteiger partial charge in [0.1, 0.15) is 11.5 Å². The Hall–Kier alpha value is -2.98. The fraction of sp³-hybridized carbons (Fsp3) is 0.160. The minimum Gasteiger partial charge on any atom is -0.510 e. The molecule has 29 heavy (non-hydrogen) atoms. The van der Waals surface area contributed by atoms with Crippen molar-refractivity contribution in [3.05, 3.63) is 102 Å². The Kier molecular flexibility index (Phi) is 5.85. The van der Waals surface area contributed by atoms with Gasteiger partial charge in [0.2, 0.25) is 5.12 Å². The first-order chi connectivity index (χ1) is 13.7. The Labute approximate surface area is 175 Å². The SMILES string of the molecule is C=C/C(C)=C/C1(C)SC(=O)C(Cc2ccc(-c3ccc(C(=C)O)cc3)cc2)=C1O. The molecular weight excluding hydrogens is 380 g/mol. The lowest BCUT2D eigenvalue weighted by atomic mass is 9.96. The quantitative estimate of drug-likeness (QED) is 0.432. The van der Waals surface area contributed by atoms with Crippen LogP contribution in [0.5, 0.6) is 0 Å². The Morgan fingerprint density at radius 3 is 2.17 bits per heavy atom. The smallest absolute Gasteiger partial charge is 0.220 e. The summed E-state index contributed by atoms with van der Waals surface area (Å²) in [7, 11) is 0. The number of aliphatic hydroxyl groups is 2. The van der Waals surface area contributed by atoms with E-state index < -0.39 is 4.75 Å². The van der Waals surface area contributed by atoms with E-state index in [9.17, 15) is 15.0 Å². The fourth-order valence-electron chi connectivity index (χ4n) is 3.32. The third-order valence-electron chi connectivity index (χ3n) is 5.02. The molecule has 0 fully saturated rings. The van der Waals surface area contributed by atoms with E-state index in [4.69, 9.17) is 0 Å². The van der Waals surface area contributed by atoms with Crippen molar-refractivity contribution in [3.63, 3.8) is 0 Å². The zero-order valence-electron chi connectivity index (χ0n) is 16.6. The Morgan fingerprint density at radius 1 is 1.10 bits per heavy atom. The summed E-state index contributed by atoms with van der Waals surface area (Å²) in [6, 6.07) is 15.4. The number of benzene rings is 2. The summed E-state index contributed by atoms with van der Waals surface area (Å²) in [5, 5.41) is 20.1. The third-order valence-corrected chi connectivity index (χ3v) is 6.19. The highest BCUT2D eigenvalue weighted by Crippen LogP contribution is 2.45. The summed E-state index contributed by atoms with van der Waals surface area (Å²) in [6.45, 7) is 11.0. The van der Waals surface area contributed by atoms with Gasteiger partial charge >= 0.3 is 0 Å². The normalized spacial score (nSPS) is 19.5. The monoisotopic (exact) mass is 404 g/mol. The highest BCUT2D eigenvalue weighted by Gasteiger charge is 2.41. The van der Waals surface area contributed by atoms with Crippen molar-refractivity contribution in [2.24, 2.45) is 0 Å². The van der Waals surface area contributed by atoms with Gasteiger partial charge in [0.05, 0.1) is 4.75 Å².